The van der Waals surface area contributed by atoms with Crippen LogP contribution >= 0.6 is 0 Å². The van der Waals surface area contributed by atoms with E-state index in [1.165, 1.54) is 11.1 Å². The van der Waals surface area contributed by atoms with Crippen LogP contribution in [0.5, 0.6) is 5.75 Å². The lowest BCUT2D eigenvalue weighted by Crippen LogP contribution is -2.26. The number of ether oxygens (including phenoxy) is 1. The maximum absolute atomic E-state index is 5.32. The third kappa shape index (κ3) is 4.75. The first-order chi connectivity index (χ1) is 8.31. The van der Waals surface area contributed by atoms with Gasteiger partial charge in [-0.2, -0.15) is 0 Å². The van der Waals surface area contributed by atoms with Crippen molar-refractivity contribution in [3.63, 3.8) is 0 Å². The standard InChI is InChI=1S/C14H24N2O/c1-4-13-10-12(6-7-14(13)17-3)11-16-9-8-15-5-2/h6-7,10,15-16H,4-5,8-9,11H2,1-3H3. The van der Waals surface area contributed by atoms with Gasteiger partial charge in [-0.3, -0.25) is 0 Å². The Balaban J connectivity index is 2.43. The van der Waals surface area contributed by atoms with Crippen LogP contribution in [0.15, 0.2) is 18.2 Å². The van der Waals surface area contributed by atoms with Crippen molar-refractivity contribution in [1.29, 1.82) is 0 Å². The van der Waals surface area contributed by atoms with Crippen molar-refractivity contribution in [2.24, 2.45) is 0 Å². The molecule has 3 nitrogen and oxygen atoms in total. The van der Waals surface area contributed by atoms with Crippen LogP contribution in [0, 0.1) is 0 Å². The molecule has 17 heavy (non-hydrogen) atoms. The molecule has 0 saturated heterocycles. The zero-order valence-electron chi connectivity index (χ0n) is 11.2. The van der Waals surface area contributed by atoms with Crippen molar-refractivity contribution in [1.82, 2.24) is 10.6 Å². The molecule has 0 fully saturated rings. The Morgan fingerprint density at radius 1 is 1.12 bits per heavy atom. The molecule has 0 heterocycles. The largest absolute Gasteiger partial charge is 0.496 e. The number of nitrogens with one attached hydrogen (secondary N) is 2. The SMILES string of the molecule is CCNCCNCc1ccc(OC)c(CC)c1. The second kappa shape index (κ2) is 8.09. The predicted molar refractivity (Wildman–Crippen MR) is 72.6 cm³/mol. The molecule has 96 valence electrons. The number of benzene rings is 1. The van der Waals surface area contributed by atoms with Gasteiger partial charge in [0.05, 0.1) is 7.11 Å². The fourth-order valence-electron chi connectivity index (χ4n) is 1.80. The minimum atomic E-state index is 0.919. The van der Waals surface area contributed by atoms with E-state index in [-0.39, 0.29) is 0 Å². The van der Waals surface area contributed by atoms with Crippen molar-refractivity contribution in [3.05, 3.63) is 29.3 Å². The zero-order valence-corrected chi connectivity index (χ0v) is 11.2. The highest BCUT2D eigenvalue weighted by molar-refractivity contribution is 5.37. The number of likely N-dealkylation sites (N-methyl/N-ethyl adjacent to an activating group) is 1. The van der Waals surface area contributed by atoms with E-state index in [0.29, 0.717) is 0 Å². The number of hydrogen-bond acceptors (Lipinski definition) is 3. The molecule has 0 aliphatic heterocycles. The number of methoxy groups -OCH3 is 1. The van der Waals surface area contributed by atoms with Gasteiger partial charge in [-0.15, -0.1) is 0 Å². The third-order valence-electron chi connectivity index (χ3n) is 2.78. The summed E-state index contributed by atoms with van der Waals surface area (Å²) in [5.74, 6) is 0.990. The Labute approximate surface area is 105 Å². The molecule has 1 rings (SSSR count). The normalized spacial score (nSPS) is 10.5. The molecule has 3 heteroatoms. The van der Waals surface area contributed by atoms with E-state index in [1.807, 2.05) is 0 Å². The molecular weight excluding hydrogens is 212 g/mol. The van der Waals surface area contributed by atoms with Gasteiger partial charge in [-0.1, -0.05) is 26.0 Å². The Morgan fingerprint density at radius 2 is 1.88 bits per heavy atom. The number of aryl methyl sites for hydroxylation is 1. The van der Waals surface area contributed by atoms with Crippen molar-refractivity contribution in [2.75, 3.05) is 26.7 Å². The lowest BCUT2D eigenvalue weighted by Gasteiger charge is -2.10. The van der Waals surface area contributed by atoms with Crippen molar-refractivity contribution in [3.8, 4) is 5.75 Å². The van der Waals surface area contributed by atoms with Crippen molar-refractivity contribution < 1.29 is 4.74 Å². The van der Waals surface area contributed by atoms with Gasteiger partial charge in [0.2, 0.25) is 0 Å². The highest BCUT2D eigenvalue weighted by Crippen LogP contribution is 2.20. The molecule has 0 aromatic heterocycles. The highest BCUT2D eigenvalue weighted by atomic mass is 16.5. The molecule has 0 saturated carbocycles. The van der Waals surface area contributed by atoms with Crippen molar-refractivity contribution >= 4 is 0 Å². The monoisotopic (exact) mass is 236 g/mol. The highest BCUT2D eigenvalue weighted by Gasteiger charge is 2.02. The third-order valence-corrected chi connectivity index (χ3v) is 2.78. The van der Waals surface area contributed by atoms with Gasteiger partial charge in [-0.05, 0) is 30.2 Å². The Morgan fingerprint density at radius 3 is 2.53 bits per heavy atom. The first-order valence-electron chi connectivity index (χ1n) is 6.39. The molecule has 1 aromatic carbocycles. The minimum Gasteiger partial charge on any atom is -0.496 e. The predicted octanol–water partition coefficient (Wildman–Crippen LogP) is 1.96. The first-order valence-corrected chi connectivity index (χ1v) is 6.39. The zero-order chi connectivity index (χ0) is 12.5. The van der Waals surface area contributed by atoms with E-state index < -0.39 is 0 Å². The molecular formula is C14H24N2O. The summed E-state index contributed by atoms with van der Waals surface area (Å²) in [6.07, 6.45) is 1.01. The van der Waals surface area contributed by atoms with E-state index in [1.54, 1.807) is 7.11 Å². The number of hydrogen-bond donors (Lipinski definition) is 2. The summed E-state index contributed by atoms with van der Waals surface area (Å²) >= 11 is 0. The summed E-state index contributed by atoms with van der Waals surface area (Å²) in [4.78, 5) is 0. The molecule has 0 bridgehead atoms. The van der Waals surface area contributed by atoms with Crippen LogP contribution in [0.4, 0.5) is 0 Å². The van der Waals surface area contributed by atoms with Gasteiger partial charge < -0.3 is 15.4 Å². The first kappa shape index (κ1) is 14.0. The van der Waals surface area contributed by atoms with E-state index in [0.717, 1.165) is 38.3 Å². The molecule has 1 aromatic rings. The van der Waals surface area contributed by atoms with Gasteiger partial charge in [0.1, 0.15) is 5.75 Å². The summed E-state index contributed by atoms with van der Waals surface area (Å²) in [5, 5.41) is 6.71. The minimum absolute atomic E-state index is 0.919. The summed E-state index contributed by atoms with van der Waals surface area (Å²) in [6.45, 7) is 8.25. The molecule has 0 spiro atoms. The van der Waals surface area contributed by atoms with Gasteiger partial charge in [0.15, 0.2) is 0 Å². The molecule has 2 N–H and O–H groups in total. The van der Waals surface area contributed by atoms with Crippen LogP contribution in [0.1, 0.15) is 25.0 Å². The average Bonchev–Trinajstić information content (AvgIpc) is 2.38. The van der Waals surface area contributed by atoms with Crippen LogP contribution in [-0.4, -0.2) is 26.7 Å². The van der Waals surface area contributed by atoms with Crippen LogP contribution < -0.4 is 15.4 Å². The number of rotatable bonds is 8. The maximum atomic E-state index is 5.32. The topological polar surface area (TPSA) is 33.3 Å². The average molecular weight is 236 g/mol. The molecule has 0 unspecified atom stereocenters. The Kier molecular flexibility index (Phi) is 6.67. The molecule has 0 amide bonds. The van der Waals surface area contributed by atoms with Crippen molar-refractivity contribution in [2.45, 2.75) is 26.8 Å². The van der Waals surface area contributed by atoms with E-state index in [9.17, 15) is 0 Å². The Hall–Kier alpha value is -1.06. The fourth-order valence-corrected chi connectivity index (χ4v) is 1.80. The van der Waals surface area contributed by atoms with E-state index in [2.05, 4.69) is 42.7 Å². The van der Waals surface area contributed by atoms with E-state index >= 15 is 0 Å². The Bertz CT molecular complexity index is 326. The summed E-state index contributed by atoms with van der Waals surface area (Å²) < 4.78 is 5.32. The molecule has 0 atom stereocenters. The molecule has 0 radical (unpaired) electrons. The quantitative estimate of drug-likeness (QED) is 0.677. The smallest absolute Gasteiger partial charge is 0.122 e. The van der Waals surface area contributed by atoms with Crippen LogP contribution in [0.3, 0.4) is 0 Å². The second-order valence-corrected chi connectivity index (χ2v) is 4.03. The van der Waals surface area contributed by atoms with Crippen LogP contribution in [-0.2, 0) is 13.0 Å². The van der Waals surface area contributed by atoms with Gasteiger partial charge in [-0.25, -0.2) is 0 Å². The summed E-state index contributed by atoms with van der Waals surface area (Å²) in [6, 6.07) is 6.40. The van der Waals surface area contributed by atoms with Crippen LogP contribution in [0.25, 0.3) is 0 Å². The lowest BCUT2D eigenvalue weighted by molar-refractivity contribution is 0.410. The fraction of sp³-hybridized carbons (Fsp3) is 0.571. The van der Waals surface area contributed by atoms with Gasteiger partial charge in [0.25, 0.3) is 0 Å². The maximum Gasteiger partial charge on any atom is 0.122 e. The molecule has 0 aliphatic carbocycles. The van der Waals surface area contributed by atoms with Crippen LogP contribution in [0.2, 0.25) is 0 Å². The second-order valence-electron chi connectivity index (χ2n) is 4.03. The summed E-state index contributed by atoms with van der Waals surface area (Å²) in [7, 11) is 1.73. The van der Waals surface area contributed by atoms with Gasteiger partial charge >= 0.3 is 0 Å². The molecule has 0 aliphatic rings. The lowest BCUT2D eigenvalue weighted by atomic mass is 10.1. The summed E-state index contributed by atoms with van der Waals surface area (Å²) in [5.41, 5.74) is 2.60. The van der Waals surface area contributed by atoms with E-state index in [4.69, 9.17) is 4.74 Å². The van der Waals surface area contributed by atoms with Gasteiger partial charge in [0, 0.05) is 19.6 Å².